The molecule has 0 amide bonds. The summed E-state index contributed by atoms with van der Waals surface area (Å²) in [4.78, 5) is 2.46. The molecule has 1 aromatic rings. The molecular weight excluding hydrogens is 324 g/mol. The van der Waals surface area contributed by atoms with Gasteiger partial charge < -0.3 is 9.64 Å². The van der Waals surface area contributed by atoms with Gasteiger partial charge >= 0.3 is 0 Å². The van der Waals surface area contributed by atoms with Crippen LogP contribution in [0.2, 0.25) is 0 Å². The van der Waals surface area contributed by atoms with Crippen LogP contribution in [0.25, 0.3) is 0 Å². The monoisotopic (exact) mass is 348 g/mol. The fourth-order valence-electron chi connectivity index (χ4n) is 4.45. The highest BCUT2D eigenvalue weighted by molar-refractivity contribution is 7.91. The molecule has 24 heavy (non-hydrogen) atoms. The minimum Gasteiger partial charge on any atom is -0.377 e. The third-order valence-corrected chi connectivity index (χ3v) is 7.28. The van der Waals surface area contributed by atoms with Crippen LogP contribution in [0.1, 0.15) is 25.8 Å². The topological polar surface area (TPSA) is 70.4 Å². The quantitative estimate of drug-likeness (QED) is 0.815. The summed E-state index contributed by atoms with van der Waals surface area (Å²) in [6, 6.07) is 8.49. The number of hydrogen-bond donors (Lipinski definition) is 0. The first kappa shape index (κ1) is 17.4. The van der Waals surface area contributed by atoms with Crippen LogP contribution in [0.4, 0.5) is 0 Å². The number of rotatable bonds is 5. The van der Waals surface area contributed by atoms with Crippen LogP contribution >= 0.6 is 0 Å². The van der Waals surface area contributed by atoms with E-state index < -0.39 is 9.84 Å². The van der Waals surface area contributed by atoms with Gasteiger partial charge in [0.05, 0.1) is 28.4 Å². The second-order valence-corrected chi connectivity index (χ2v) is 9.55. The van der Waals surface area contributed by atoms with E-state index in [9.17, 15) is 8.42 Å². The summed E-state index contributed by atoms with van der Waals surface area (Å²) in [5.41, 5.74) is 0.531. The minimum absolute atomic E-state index is 0.0636. The maximum atomic E-state index is 12.5. The summed E-state index contributed by atoms with van der Waals surface area (Å²) in [5.74, 6) is 0.600. The molecule has 6 heteroatoms. The van der Waals surface area contributed by atoms with E-state index in [1.807, 2.05) is 13.1 Å². The SMILES string of the molecule is CN(CCS(=O)(=O)c1ccc(C#N)cc1)[C@@H]1[C@@H]2CCO[C@@H]2C1(C)C. The van der Waals surface area contributed by atoms with Crippen molar-refractivity contribution < 1.29 is 13.2 Å². The molecule has 0 bridgehead atoms. The Balaban J connectivity index is 1.65. The number of hydrogen-bond acceptors (Lipinski definition) is 5. The molecule has 0 radical (unpaired) electrons. The van der Waals surface area contributed by atoms with Crippen molar-refractivity contribution in [3.8, 4) is 6.07 Å². The Labute approximate surface area is 144 Å². The highest BCUT2D eigenvalue weighted by atomic mass is 32.2. The fourth-order valence-corrected chi connectivity index (χ4v) is 5.77. The predicted octanol–water partition coefficient (Wildman–Crippen LogP) is 2.08. The number of benzene rings is 1. The van der Waals surface area contributed by atoms with Gasteiger partial charge in [0, 0.05) is 30.5 Å². The number of sulfone groups is 1. The van der Waals surface area contributed by atoms with E-state index in [1.165, 1.54) is 12.1 Å². The highest BCUT2D eigenvalue weighted by Gasteiger charge is 2.60. The van der Waals surface area contributed by atoms with E-state index in [1.54, 1.807) is 12.1 Å². The van der Waals surface area contributed by atoms with Crippen LogP contribution in [0, 0.1) is 22.7 Å². The zero-order valence-corrected chi connectivity index (χ0v) is 15.2. The van der Waals surface area contributed by atoms with Gasteiger partial charge in [-0.15, -0.1) is 0 Å². The average molecular weight is 348 g/mol. The van der Waals surface area contributed by atoms with Crippen LogP contribution in [0.15, 0.2) is 29.2 Å². The molecule has 1 aliphatic heterocycles. The molecule has 0 N–H and O–H groups in total. The summed E-state index contributed by atoms with van der Waals surface area (Å²) >= 11 is 0. The number of nitrogens with zero attached hydrogens (tertiary/aromatic N) is 2. The summed E-state index contributed by atoms with van der Waals surface area (Å²) in [6.45, 7) is 5.72. The minimum atomic E-state index is -3.34. The molecular formula is C18H24N2O3S. The standard InChI is InChI=1S/C18H24N2O3S/c1-18(2)16(15-8-10-23-17(15)18)20(3)9-11-24(21,22)14-6-4-13(12-19)5-7-14/h4-7,15-17H,8-11H2,1-3H3/t15-,16+,17-/m0/s1. The van der Waals surface area contributed by atoms with Crippen LogP contribution in [0.3, 0.4) is 0 Å². The lowest BCUT2D eigenvalue weighted by molar-refractivity contribution is -0.148. The molecule has 1 heterocycles. The van der Waals surface area contributed by atoms with Crippen LogP contribution in [-0.2, 0) is 14.6 Å². The van der Waals surface area contributed by atoms with Gasteiger partial charge in [0.2, 0.25) is 0 Å². The Kier molecular flexibility index (Phi) is 4.45. The molecule has 5 nitrogen and oxygen atoms in total. The number of nitriles is 1. The first-order valence-corrected chi connectivity index (χ1v) is 9.97. The molecule has 3 atom stereocenters. The van der Waals surface area contributed by atoms with Crippen molar-refractivity contribution in [1.82, 2.24) is 4.90 Å². The first-order chi connectivity index (χ1) is 11.3. The third-order valence-electron chi connectivity index (χ3n) is 5.57. The highest BCUT2D eigenvalue weighted by Crippen LogP contribution is 2.54. The predicted molar refractivity (Wildman–Crippen MR) is 91.3 cm³/mol. The van der Waals surface area contributed by atoms with E-state index in [-0.39, 0.29) is 16.1 Å². The normalized spacial score (nSPS) is 28.2. The number of fused-ring (bicyclic) bond motifs is 1. The summed E-state index contributed by atoms with van der Waals surface area (Å²) in [5, 5.41) is 8.81. The zero-order chi connectivity index (χ0) is 17.5. The molecule has 1 saturated heterocycles. The molecule has 1 saturated carbocycles. The van der Waals surface area contributed by atoms with Crippen molar-refractivity contribution in [2.75, 3.05) is 26.0 Å². The van der Waals surface area contributed by atoms with Crippen molar-refractivity contribution in [2.24, 2.45) is 11.3 Å². The largest absolute Gasteiger partial charge is 0.377 e. The van der Waals surface area contributed by atoms with Gasteiger partial charge in [-0.05, 0) is 37.7 Å². The summed E-state index contributed by atoms with van der Waals surface area (Å²) in [7, 11) is -1.33. The summed E-state index contributed by atoms with van der Waals surface area (Å²) in [6.07, 6.45) is 1.37. The molecule has 2 aliphatic rings. The Morgan fingerprint density at radius 3 is 2.62 bits per heavy atom. The first-order valence-electron chi connectivity index (χ1n) is 8.32. The lowest BCUT2D eigenvalue weighted by Crippen LogP contribution is -2.66. The molecule has 0 unspecified atom stereocenters. The van der Waals surface area contributed by atoms with Crippen LogP contribution < -0.4 is 0 Å². The van der Waals surface area contributed by atoms with Crippen molar-refractivity contribution in [3.63, 3.8) is 0 Å². The maximum absolute atomic E-state index is 12.5. The molecule has 130 valence electrons. The van der Waals surface area contributed by atoms with Gasteiger partial charge in [-0.1, -0.05) is 13.8 Å². The van der Waals surface area contributed by atoms with Gasteiger partial charge in [0.15, 0.2) is 9.84 Å². The maximum Gasteiger partial charge on any atom is 0.179 e. The lowest BCUT2D eigenvalue weighted by Gasteiger charge is -2.58. The molecule has 0 spiro atoms. The zero-order valence-electron chi connectivity index (χ0n) is 14.4. The number of ether oxygens (including phenoxy) is 1. The van der Waals surface area contributed by atoms with Gasteiger partial charge in [-0.3, -0.25) is 0 Å². The van der Waals surface area contributed by atoms with E-state index in [0.29, 0.717) is 30.2 Å². The Morgan fingerprint density at radius 1 is 1.33 bits per heavy atom. The Morgan fingerprint density at radius 2 is 2.00 bits per heavy atom. The second-order valence-electron chi connectivity index (χ2n) is 7.45. The van der Waals surface area contributed by atoms with Crippen LogP contribution in [0.5, 0.6) is 0 Å². The van der Waals surface area contributed by atoms with Gasteiger partial charge in [-0.2, -0.15) is 5.26 Å². The van der Waals surface area contributed by atoms with Gasteiger partial charge in [-0.25, -0.2) is 8.42 Å². The van der Waals surface area contributed by atoms with Gasteiger partial charge in [0.1, 0.15) is 0 Å². The molecule has 2 fully saturated rings. The van der Waals surface area contributed by atoms with Crippen molar-refractivity contribution >= 4 is 9.84 Å². The van der Waals surface area contributed by atoms with Crippen molar-refractivity contribution in [2.45, 2.75) is 37.3 Å². The molecule has 1 aromatic carbocycles. The van der Waals surface area contributed by atoms with E-state index in [4.69, 9.17) is 10.00 Å². The van der Waals surface area contributed by atoms with E-state index in [2.05, 4.69) is 18.7 Å². The average Bonchev–Trinajstić information content (AvgIpc) is 2.99. The smallest absolute Gasteiger partial charge is 0.179 e. The Bertz CT molecular complexity index is 749. The second kappa shape index (κ2) is 6.14. The molecule has 3 rings (SSSR count). The lowest BCUT2D eigenvalue weighted by atomic mass is 9.57. The fraction of sp³-hybridized carbons (Fsp3) is 0.611. The van der Waals surface area contributed by atoms with E-state index in [0.717, 1.165) is 13.0 Å². The van der Waals surface area contributed by atoms with Crippen molar-refractivity contribution in [1.29, 1.82) is 5.26 Å². The van der Waals surface area contributed by atoms with E-state index >= 15 is 0 Å². The van der Waals surface area contributed by atoms with Crippen LogP contribution in [-0.4, -0.2) is 51.4 Å². The Hall–Kier alpha value is -1.42. The summed E-state index contributed by atoms with van der Waals surface area (Å²) < 4.78 is 30.9. The van der Waals surface area contributed by atoms with Crippen molar-refractivity contribution in [3.05, 3.63) is 29.8 Å². The molecule has 1 aliphatic carbocycles. The van der Waals surface area contributed by atoms with Gasteiger partial charge in [0.25, 0.3) is 0 Å². The molecule has 0 aromatic heterocycles. The third kappa shape index (κ3) is 2.85.